The molecule has 2 nitrogen and oxygen atoms in total. The Morgan fingerprint density at radius 3 is 2.32 bits per heavy atom. The van der Waals surface area contributed by atoms with Gasteiger partial charge in [-0.1, -0.05) is 12.5 Å². The average Bonchev–Trinajstić information content (AvgIpc) is 2.27. The van der Waals surface area contributed by atoms with Gasteiger partial charge in [-0.05, 0) is 31.5 Å². The fourth-order valence-electron chi connectivity index (χ4n) is 1.81. The molecule has 0 radical (unpaired) electrons. The Bertz CT molecular complexity index is 396. The molecular weight excluding hydrogens is 284 g/mol. The van der Waals surface area contributed by atoms with Gasteiger partial charge in [-0.15, -0.1) is 12.4 Å². The van der Waals surface area contributed by atoms with E-state index in [1.54, 1.807) is 0 Å². The second-order valence-electron chi connectivity index (χ2n) is 4.09. The number of hydrogen-bond acceptors (Lipinski definition) is 2. The summed E-state index contributed by atoms with van der Waals surface area (Å²) in [5, 5.41) is 0. The number of rotatable bonds is 5. The number of hydrogen-bond donors (Lipinski definition) is 2. The highest BCUT2D eigenvalue weighted by molar-refractivity contribution is 5.85. The van der Waals surface area contributed by atoms with E-state index in [0.29, 0.717) is 19.4 Å². The van der Waals surface area contributed by atoms with Gasteiger partial charge in [0, 0.05) is 11.6 Å². The first-order valence-corrected chi connectivity index (χ1v) is 5.69. The SMILES string of the molecule is Cl.NCCCC[C@H](N)c1c(F)cccc1C(F)(F)F. The van der Waals surface area contributed by atoms with Gasteiger partial charge in [0.2, 0.25) is 0 Å². The molecule has 1 rings (SSSR count). The van der Waals surface area contributed by atoms with E-state index in [0.717, 1.165) is 18.2 Å². The lowest BCUT2D eigenvalue weighted by Gasteiger charge is -2.18. The van der Waals surface area contributed by atoms with Crippen LogP contribution in [0.3, 0.4) is 0 Å². The van der Waals surface area contributed by atoms with Gasteiger partial charge in [-0.3, -0.25) is 0 Å². The zero-order chi connectivity index (χ0) is 13.8. The van der Waals surface area contributed by atoms with Crippen LogP contribution in [0.2, 0.25) is 0 Å². The van der Waals surface area contributed by atoms with E-state index in [4.69, 9.17) is 11.5 Å². The Morgan fingerprint density at radius 2 is 1.79 bits per heavy atom. The minimum absolute atomic E-state index is 0. The number of nitrogens with two attached hydrogens (primary N) is 2. The molecule has 0 aliphatic heterocycles. The second-order valence-corrected chi connectivity index (χ2v) is 4.09. The Morgan fingerprint density at radius 1 is 1.16 bits per heavy atom. The van der Waals surface area contributed by atoms with E-state index < -0.39 is 29.2 Å². The molecule has 0 bridgehead atoms. The molecule has 0 fully saturated rings. The summed E-state index contributed by atoms with van der Waals surface area (Å²) < 4.78 is 51.7. The van der Waals surface area contributed by atoms with Crippen molar-refractivity contribution in [1.82, 2.24) is 0 Å². The van der Waals surface area contributed by atoms with Gasteiger partial charge in [0.15, 0.2) is 0 Å². The van der Waals surface area contributed by atoms with Crippen molar-refractivity contribution in [3.8, 4) is 0 Å². The van der Waals surface area contributed by atoms with E-state index in [2.05, 4.69) is 0 Å². The van der Waals surface area contributed by atoms with Crippen molar-refractivity contribution < 1.29 is 17.6 Å². The van der Waals surface area contributed by atoms with Crippen molar-refractivity contribution in [1.29, 1.82) is 0 Å². The summed E-state index contributed by atoms with van der Waals surface area (Å²) in [7, 11) is 0. The van der Waals surface area contributed by atoms with Gasteiger partial charge < -0.3 is 11.5 Å². The summed E-state index contributed by atoms with van der Waals surface area (Å²) >= 11 is 0. The maximum Gasteiger partial charge on any atom is 0.416 e. The van der Waals surface area contributed by atoms with E-state index in [1.807, 2.05) is 0 Å². The van der Waals surface area contributed by atoms with Crippen LogP contribution in [0.25, 0.3) is 0 Å². The highest BCUT2D eigenvalue weighted by atomic mass is 35.5. The summed E-state index contributed by atoms with van der Waals surface area (Å²) in [4.78, 5) is 0. The molecule has 1 atom stereocenters. The summed E-state index contributed by atoms with van der Waals surface area (Å²) in [6.07, 6.45) is -3.09. The fraction of sp³-hybridized carbons (Fsp3) is 0.500. The van der Waals surface area contributed by atoms with Gasteiger partial charge in [0.25, 0.3) is 0 Å². The van der Waals surface area contributed by atoms with Crippen molar-refractivity contribution in [2.45, 2.75) is 31.5 Å². The third kappa shape index (κ3) is 4.97. The first-order chi connectivity index (χ1) is 8.38. The topological polar surface area (TPSA) is 52.0 Å². The van der Waals surface area contributed by atoms with Crippen molar-refractivity contribution in [2.75, 3.05) is 6.54 Å². The molecule has 4 N–H and O–H groups in total. The van der Waals surface area contributed by atoms with Gasteiger partial charge in [0.1, 0.15) is 5.82 Å². The molecular formula is C12H17ClF4N2. The summed E-state index contributed by atoms with van der Waals surface area (Å²) in [5.41, 5.74) is 9.49. The molecule has 0 spiro atoms. The molecule has 0 heterocycles. The largest absolute Gasteiger partial charge is 0.416 e. The van der Waals surface area contributed by atoms with Crippen LogP contribution in [0, 0.1) is 5.82 Å². The lowest BCUT2D eigenvalue weighted by molar-refractivity contribution is -0.138. The Hall–Kier alpha value is -0.850. The van der Waals surface area contributed by atoms with Crippen LogP contribution < -0.4 is 11.5 Å². The number of unbranched alkanes of at least 4 members (excludes halogenated alkanes) is 1. The fourth-order valence-corrected chi connectivity index (χ4v) is 1.81. The molecule has 0 saturated heterocycles. The quantitative estimate of drug-likeness (QED) is 0.647. The van der Waals surface area contributed by atoms with Crippen LogP contribution in [0.15, 0.2) is 18.2 Å². The molecule has 0 unspecified atom stereocenters. The maximum atomic E-state index is 13.5. The molecule has 1 aromatic carbocycles. The smallest absolute Gasteiger partial charge is 0.330 e. The summed E-state index contributed by atoms with van der Waals surface area (Å²) in [5.74, 6) is -0.912. The van der Waals surface area contributed by atoms with E-state index >= 15 is 0 Å². The predicted molar refractivity (Wildman–Crippen MR) is 68.5 cm³/mol. The number of benzene rings is 1. The Balaban J connectivity index is 0.00000324. The van der Waals surface area contributed by atoms with Crippen molar-refractivity contribution in [3.63, 3.8) is 0 Å². The number of halogens is 5. The molecule has 0 aliphatic carbocycles. The minimum atomic E-state index is -4.59. The van der Waals surface area contributed by atoms with Crippen LogP contribution in [0.5, 0.6) is 0 Å². The highest BCUT2D eigenvalue weighted by Gasteiger charge is 2.35. The molecule has 0 saturated carbocycles. The molecule has 0 aromatic heterocycles. The zero-order valence-corrected chi connectivity index (χ0v) is 11.0. The first-order valence-electron chi connectivity index (χ1n) is 5.69. The van der Waals surface area contributed by atoms with E-state index in [-0.39, 0.29) is 18.8 Å². The molecule has 0 aliphatic rings. The maximum absolute atomic E-state index is 13.5. The predicted octanol–water partition coefficient (Wildman–Crippen LogP) is 3.40. The normalized spacial score (nSPS) is 12.9. The highest BCUT2D eigenvalue weighted by Crippen LogP contribution is 2.36. The molecule has 0 amide bonds. The van der Waals surface area contributed by atoms with Crippen LogP contribution in [-0.2, 0) is 6.18 Å². The van der Waals surface area contributed by atoms with Gasteiger partial charge in [-0.25, -0.2) is 4.39 Å². The lowest BCUT2D eigenvalue weighted by atomic mass is 9.96. The van der Waals surface area contributed by atoms with Crippen LogP contribution in [-0.4, -0.2) is 6.54 Å². The summed E-state index contributed by atoms with van der Waals surface area (Å²) in [6, 6.07) is 1.91. The van der Waals surface area contributed by atoms with Gasteiger partial charge in [-0.2, -0.15) is 13.2 Å². The second kappa shape index (κ2) is 7.67. The monoisotopic (exact) mass is 300 g/mol. The third-order valence-electron chi connectivity index (χ3n) is 2.70. The molecule has 1 aromatic rings. The van der Waals surface area contributed by atoms with Gasteiger partial charge >= 0.3 is 6.18 Å². The third-order valence-corrected chi connectivity index (χ3v) is 2.70. The van der Waals surface area contributed by atoms with E-state index in [9.17, 15) is 17.6 Å². The summed E-state index contributed by atoms with van der Waals surface area (Å²) in [6.45, 7) is 0.441. The average molecular weight is 301 g/mol. The van der Waals surface area contributed by atoms with Crippen molar-refractivity contribution in [2.24, 2.45) is 11.5 Å². The molecule has 110 valence electrons. The zero-order valence-electron chi connectivity index (χ0n) is 10.2. The Labute approximate surface area is 115 Å². The van der Waals surface area contributed by atoms with Crippen LogP contribution in [0.4, 0.5) is 17.6 Å². The number of alkyl halides is 3. The lowest BCUT2D eigenvalue weighted by Crippen LogP contribution is -2.19. The minimum Gasteiger partial charge on any atom is -0.330 e. The van der Waals surface area contributed by atoms with Crippen LogP contribution in [0.1, 0.15) is 36.4 Å². The molecule has 7 heteroatoms. The molecule has 19 heavy (non-hydrogen) atoms. The van der Waals surface area contributed by atoms with Crippen molar-refractivity contribution in [3.05, 3.63) is 35.1 Å². The van der Waals surface area contributed by atoms with Crippen molar-refractivity contribution >= 4 is 12.4 Å². The van der Waals surface area contributed by atoms with Gasteiger partial charge in [0.05, 0.1) is 5.56 Å². The Kier molecular flexibility index (Phi) is 7.33. The standard InChI is InChI=1S/C12H16F4N2.ClH/c13-9-5-3-4-8(12(14,15)16)11(9)10(18)6-1-2-7-17;/h3-5,10H,1-2,6-7,17-18H2;1H/t10-;/m0./s1. The first kappa shape index (κ1) is 18.1. The van der Waals surface area contributed by atoms with E-state index in [1.165, 1.54) is 0 Å². The van der Waals surface area contributed by atoms with Crippen LogP contribution >= 0.6 is 12.4 Å².